The second kappa shape index (κ2) is 4.08. The van der Waals surface area contributed by atoms with Crippen LogP contribution in [0.4, 0.5) is 13.2 Å². The second-order valence-corrected chi connectivity index (χ2v) is 2.27. The number of amides is 1. The first-order chi connectivity index (χ1) is 5.31. The first-order valence-electron chi connectivity index (χ1n) is 3.14. The molecule has 0 aliphatic heterocycles. The Bertz CT molecular complexity index is 188. The Labute approximate surface area is 66.9 Å². The quantitative estimate of drug-likeness (QED) is 0.698. The van der Waals surface area contributed by atoms with E-state index in [-0.39, 0.29) is 12.3 Å². The van der Waals surface area contributed by atoms with Crippen LogP contribution in [0.3, 0.4) is 0 Å². The third-order valence-corrected chi connectivity index (χ3v) is 0.896. The van der Waals surface area contributed by atoms with Crippen LogP contribution in [-0.4, -0.2) is 24.4 Å². The summed E-state index contributed by atoms with van der Waals surface area (Å²) in [7, 11) is 0. The van der Waals surface area contributed by atoms with Crippen LogP contribution in [0.25, 0.3) is 0 Å². The fraction of sp³-hybridized carbons (Fsp3) is 0.667. The maximum atomic E-state index is 11.5. The van der Waals surface area contributed by atoms with Crippen LogP contribution >= 0.6 is 0 Å². The van der Waals surface area contributed by atoms with Gasteiger partial charge in [-0.05, 0) is 6.92 Å². The Hall–Kier alpha value is -1.07. The van der Waals surface area contributed by atoms with Crippen molar-refractivity contribution in [3.63, 3.8) is 0 Å². The minimum Gasteiger partial charge on any atom is -0.349 e. The minimum absolute atomic E-state index is 0.352. The summed E-state index contributed by atoms with van der Waals surface area (Å²) in [6.07, 6.45) is -6.05. The van der Waals surface area contributed by atoms with Gasteiger partial charge >= 0.3 is 6.18 Å². The molecule has 0 unspecified atom stereocenters. The number of hydrogen-bond acceptors (Lipinski definition) is 2. The molecule has 0 radical (unpaired) electrons. The molecule has 0 aliphatic rings. The predicted octanol–water partition coefficient (Wildman–Crippen LogP) is 0.644. The molecule has 0 atom stereocenters. The zero-order valence-corrected chi connectivity index (χ0v) is 6.36. The van der Waals surface area contributed by atoms with E-state index in [4.69, 9.17) is 0 Å². The molecule has 6 heteroatoms. The number of rotatable bonds is 3. The zero-order valence-electron chi connectivity index (χ0n) is 6.36. The van der Waals surface area contributed by atoms with Crippen LogP contribution in [0.15, 0.2) is 0 Å². The molecule has 12 heavy (non-hydrogen) atoms. The maximum absolute atomic E-state index is 11.5. The van der Waals surface area contributed by atoms with E-state index in [9.17, 15) is 22.8 Å². The molecule has 0 rings (SSSR count). The number of halogens is 3. The van der Waals surface area contributed by atoms with Crippen molar-refractivity contribution in [2.45, 2.75) is 19.5 Å². The average Bonchev–Trinajstić information content (AvgIpc) is 1.79. The predicted molar refractivity (Wildman–Crippen MR) is 34.4 cm³/mol. The Kier molecular flexibility index (Phi) is 3.72. The topological polar surface area (TPSA) is 46.2 Å². The molecular weight excluding hydrogens is 175 g/mol. The lowest BCUT2D eigenvalue weighted by Crippen LogP contribution is -2.31. The summed E-state index contributed by atoms with van der Waals surface area (Å²) < 4.78 is 34.5. The minimum atomic E-state index is -4.51. The molecule has 1 N–H and O–H groups in total. The monoisotopic (exact) mass is 183 g/mol. The van der Waals surface area contributed by atoms with Crippen molar-refractivity contribution in [1.82, 2.24) is 5.32 Å². The van der Waals surface area contributed by atoms with Crippen LogP contribution in [0.1, 0.15) is 13.3 Å². The van der Waals surface area contributed by atoms with Crippen LogP contribution in [0, 0.1) is 0 Å². The summed E-state index contributed by atoms with van der Waals surface area (Å²) in [5.41, 5.74) is 0. The molecule has 1 amide bonds. The van der Waals surface area contributed by atoms with Crippen molar-refractivity contribution >= 4 is 11.7 Å². The van der Waals surface area contributed by atoms with Crippen LogP contribution < -0.4 is 5.32 Å². The van der Waals surface area contributed by atoms with Gasteiger partial charge in [0.05, 0.1) is 6.54 Å². The molecule has 0 heterocycles. The Morgan fingerprint density at radius 1 is 1.33 bits per heavy atom. The second-order valence-electron chi connectivity index (χ2n) is 2.27. The average molecular weight is 183 g/mol. The number of hydrogen-bond donors (Lipinski definition) is 1. The summed E-state index contributed by atoms with van der Waals surface area (Å²) in [4.78, 5) is 20.6. The fourth-order valence-electron chi connectivity index (χ4n) is 0.468. The van der Waals surface area contributed by atoms with Gasteiger partial charge in [-0.1, -0.05) is 0 Å². The molecule has 70 valence electrons. The molecule has 0 spiro atoms. The summed E-state index contributed by atoms with van der Waals surface area (Å²) >= 11 is 0. The SMILES string of the molecule is CC(=O)CNC(=O)CC(F)(F)F. The van der Waals surface area contributed by atoms with Gasteiger partial charge in [0.2, 0.25) is 5.91 Å². The summed E-state index contributed by atoms with van der Waals surface area (Å²) in [6, 6.07) is 0. The van der Waals surface area contributed by atoms with E-state index < -0.39 is 18.5 Å². The smallest absolute Gasteiger partial charge is 0.349 e. The van der Waals surface area contributed by atoms with Crippen LogP contribution in [0.2, 0.25) is 0 Å². The first-order valence-corrected chi connectivity index (χ1v) is 3.14. The van der Waals surface area contributed by atoms with Crippen molar-refractivity contribution in [2.24, 2.45) is 0 Å². The van der Waals surface area contributed by atoms with Gasteiger partial charge in [-0.3, -0.25) is 9.59 Å². The Balaban J connectivity index is 3.68. The lowest BCUT2D eigenvalue weighted by Gasteiger charge is -2.05. The molecule has 0 aromatic carbocycles. The highest BCUT2D eigenvalue weighted by Gasteiger charge is 2.30. The molecule has 0 aliphatic carbocycles. The largest absolute Gasteiger partial charge is 0.397 e. The molecular formula is C6H8F3NO2. The van der Waals surface area contributed by atoms with Crippen molar-refractivity contribution < 1.29 is 22.8 Å². The normalized spacial score (nSPS) is 11.0. The van der Waals surface area contributed by atoms with Crippen LogP contribution in [-0.2, 0) is 9.59 Å². The third kappa shape index (κ3) is 7.04. The van der Waals surface area contributed by atoms with E-state index in [2.05, 4.69) is 0 Å². The van der Waals surface area contributed by atoms with E-state index in [0.29, 0.717) is 0 Å². The number of carbonyl (C=O) groups is 2. The van der Waals surface area contributed by atoms with Gasteiger partial charge in [0, 0.05) is 0 Å². The Morgan fingerprint density at radius 2 is 1.83 bits per heavy atom. The molecule has 0 fully saturated rings. The zero-order chi connectivity index (χ0) is 9.78. The molecule has 3 nitrogen and oxygen atoms in total. The summed E-state index contributed by atoms with van der Waals surface area (Å²) in [6.45, 7) is 0.822. The van der Waals surface area contributed by atoms with Crippen LogP contribution in [0.5, 0.6) is 0 Å². The van der Waals surface area contributed by atoms with E-state index in [1.54, 1.807) is 0 Å². The summed E-state index contributed by atoms with van der Waals surface area (Å²) in [5.74, 6) is -1.57. The molecule has 0 aromatic heterocycles. The van der Waals surface area contributed by atoms with Gasteiger partial charge in [-0.2, -0.15) is 13.2 Å². The first kappa shape index (κ1) is 10.9. The summed E-state index contributed by atoms with van der Waals surface area (Å²) in [5, 5.41) is 1.83. The van der Waals surface area contributed by atoms with E-state index in [1.807, 2.05) is 5.32 Å². The van der Waals surface area contributed by atoms with Crippen molar-refractivity contribution in [3.05, 3.63) is 0 Å². The third-order valence-electron chi connectivity index (χ3n) is 0.896. The van der Waals surface area contributed by atoms with Gasteiger partial charge in [-0.25, -0.2) is 0 Å². The number of Topliss-reactive ketones (excluding diaryl/α,β-unsaturated/α-hetero) is 1. The van der Waals surface area contributed by atoms with Gasteiger partial charge in [0.1, 0.15) is 12.2 Å². The van der Waals surface area contributed by atoms with Crippen molar-refractivity contribution in [2.75, 3.05) is 6.54 Å². The van der Waals surface area contributed by atoms with Gasteiger partial charge < -0.3 is 5.32 Å². The number of ketones is 1. The van der Waals surface area contributed by atoms with Gasteiger partial charge in [0.15, 0.2) is 0 Å². The lowest BCUT2D eigenvalue weighted by molar-refractivity contribution is -0.154. The number of alkyl halides is 3. The highest BCUT2D eigenvalue weighted by molar-refractivity contribution is 5.84. The lowest BCUT2D eigenvalue weighted by atomic mass is 10.3. The Morgan fingerprint density at radius 3 is 2.17 bits per heavy atom. The fourth-order valence-corrected chi connectivity index (χ4v) is 0.468. The van der Waals surface area contributed by atoms with Crippen molar-refractivity contribution in [1.29, 1.82) is 0 Å². The highest BCUT2D eigenvalue weighted by Crippen LogP contribution is 2.18. The molecule has 0 saturated heterocycles. The number of carbonyl (C=O) groups excluding carboxylic acids is 2. The standard InChI is InChI=1S/C6H8F3NO2/c1-4(11)3-10-5(12)2-6(7,8)9/h2-3H2,1H3,(H,10,12). The molecule has 0 bridgehead atoms. The maximum Gasteiger partial charge on any atom is 0.397 e. The molecule has 0 saturated carbocycles. The molecule has 0 aromatic rings. The highest BCUT2D eigenvalue weighted by atomic mass is 19.4. The van der Waals surface area contributed by atoms with E-state index in [1.165, 1.54) is 6.92 Å². The van der Waals surface area contributed by atoms with Gasteiger partial charge in [0.25, 0.3) is 0 Å². The number of nitrogens with one attached hydrogen (secondary N) is 1. The van der Waals surface area contributed by atoms with Crippen molar-refractivity contribution in [3.8, 4) is 0 Å². The van der Waals surface area contributed by atoms with E-state index in [0.717, 1.165) is 0 Å². The van der Waals surface area contributed by atoms with Gasteiger partial charge in [-0.15, -0.1) is 0 Å². The van der Waals surface area contributed by atoms with E-state index >= 15 is 0 Å².